The average molecular weight is 579 g/mol. The first-order valence-electron chi connectivity index (χ1n) is 15.2. The summed E-state index contributed by atoms with van der Waals surface area (Å²) in [4.78, 5) is 18.7. The predicted molar refractivity (Wildman–Crippen MR) is 182 cm³/mol. The highest BCUT2D eigenvalue weighted by Crippen LogP contribution is 2.49. The van der Waals surface area contributed by atoms with Crippen LogP contribution in [0.5, 0.6) is 0 Å². The van der Waals surface area contributed by atoms with Crippen molar-refractivity contribution in [2.45, 2.75) is 19.3 Å². The summed E-state index contributed by atoms with van der Waals surface area (Å²) in [6.07, 6.45) is 7.33. The van der Waals surface area contributed by atoms with Crippen LogP contribution in [0, 0.1) is 0 Å². The number of benzene rings is 4. The molecule has 0 unspecified atom stereocenters. The van der Waals surface area contributed by atoms with Gasteiger partial charge in [0.15, 0.2) is 5.82 Å². The second kappa shape index (κ2) is 10.8. The molecule has 0 saturated carbocycles. The van der Waals surface area contributed by atoms with E-state index in [0.717, 1.165) is 50.3 Å². The lowest BCUT2D eigenvalue weighted by Gasteiger charge is -2.21. The summed E-state index contributed by atoms with van der Waals surface area (Å²) in [6, 6.07) is 42.7. The molecule has 4 heteroatoms. The van der Waals surface area contributed by atoms with Gasteiger partial charge in [0.1, 0.15) is 0 Å². The van der Waals surface area contributed by atoms with Crippen LogP contribution in [-0.2, 0) is 5.41 Å². The van der Waals surface area contributed by atoms with Crippen molar-refractivity contribution in [1.29, 1.82) is 0 Å². The summed E-state index contributed by atoms with van der Waals surface area (Å²) in [5.74, 6) is 0.710. The number of rotatable bonds is 5. The van der Waals surface area contributed by atoms with E-state index in [2.05, 4.69) is 127 Å². The number of aromatic nitrogens is 4. The standard InChI is InChI=1S/C41H30N4/c1-41(2)36-8-4-3-7-34(36)35-24-32(17-18-37(35)41)40-44-38(30-13-9-27(10-14-30)29-19-22-42-23-20-29)25-39(45-40)31-15-11-28(12-16-31)33-6-5-21-43-26-33/h3-26H,1-2H3. The summed E-state index contributed by atoms with van der Waals surface area (Å²) in [5.41, 5.74) is 14.5. The molecule has 3 aromatic heterocycles. The summed E-state index contributed by atoms with van der Waals surface area (Å²) < 4.78 is 0. The highest BCUT2D eigenvalue weighted by Gasteiger charge is 2.35. The van der Waals surface area contributed by atoms with Gasteiger partial charge in [0.05, 0.1) is 11.4 Å². The quantitative estimate of drug-likeness (QED) is 0.204. The van der Waals surface area contributed by atoms with Gasteiger partial charge in [0.25, 0.3) is 0 Å². The van der Waals surface area contributed by atoms with Crippen LogP contribution in [0.4, 0.5) is 0 Å². The molecule has 0 spiro atoms. The summed E-state index contributed by atoms with van der Waals surface area (Å²) >= 11 is 0. The number of pyridine rings is 2. The van der Waals surface area contributed by atoms with Gasteiger partial charge in [-0.05, 0) is 74.8 Å². The van der Waals surface area contributed by atoms with Gasteiger partial charge in [-0.2, -0.15) is 0 Å². The third kappa shape index (κ3) is 4.81. The number of hydrogen-bond donors (Lipinski definition) is 0. The Labute approximate surface area is 263 Å². The Kier molecular flexibility index (Phi) is 6.42. The van der Waals surface area contributed by atoms with Crippen molar-refractivity contribution in [3.63, 3.8) is 0 Å². The van der Waals surface area contributed by atoms with Crippen molar-refractivity contribution in [3.05, 3.63) is 157 Å². The highest BCUT2D eigenvalue weighted by molar-refractivity contribution is 5.84. The zero-order valence-electron chi connectivity index (χ0n) is 25.1. The fourth-order valence-electron chi connectivity index (χ4n) is 6.48. The molecule has 0 radical (unpaired) electrons. The molecule has 0 bridgehead atoms. The van der Waals surface area contributed by atoms with Crippen LogP contribution in [0.15, 0.2) is 146 Å². The first-order valence-corrected chi connectivity index (χ1v) is 15.2. The van der Waals surface area contributed by atoms with Crippen molar-refractivity contribution < 1.29 is 0 Å². The fraction of sp³-hybridized carbons (Fsp3) is 0.0732. The minimum atomic E-state index is -0.0507. The van der Waals surface area contributed by atoms with Crippen LogP contribution in [0.25, 0.3) is 67.3 Å². The molecule has 0 atom stereocenters. The van der Waals surface area contributed by atoms with Gasteiger partial charge in [-0.1, -0.05) is 105 Å². The van der Waals surface area contributed by atoms with E-state index in [1.807, 2.05) is 36.8 Å². The van der Waals surface area contributed by atoms with E-state index < -0.39 is 0 Å². The largest absolute Gasteiger partial charge is 0.265 e. The molecule has 0 saturated heterocycles. The Bertz CT molecular complexity index is 2050. The SMILES string of the molecule is CC1(C)c2ccccc2-c2cc(-c3nc(-c4ccc(-c5ccncc5)cc4)cc(-c4ccc(-c5cccnc5)cc4)n3)ccc21. The van der Waals surface area contributed by atoms with E-state index in [1.54, 1.807) is 6.20 Å². The van der Waals surface area contributed by atoms with Gasteiger partial charge in [-0.3, -0.25) is 9.97 Å². The molecule has 4 nitrogen and oxygen atoms in total. The van der Waals surface area contributed by atoms with Gasteiger partial charge >= 0.3 is 0 Å². The fourth-order valence-corrected chi connectivity index (χ4v) is 6.48. The second-order valence-electron chi connectivity index (χ2n) is 12.0. The molecule has 45 heavy (non-hydrogen) atoms. The van der Waals surface area contributed by atoms with Gasteiger partial charge in [-0.15, -0.1) is 0 Å². The Morgan fingerprint density at radius 1 is 0.422 bits per heavy atom. The summed E-state index contributed by atoms with van der Waals surface area (Å²) in [5, 5.41) is 0. The maximum Gasteiger partial charge on any atom is 0.160 e. The minimum absolute atomic E-state index is 0.0507. The average Bonchev–Trinajstić information content (AvgIpc) is 3.34. The van der Waals surface area contributed by atoms with E-state index in [4.69, 9.17) is 9.97 Å². The summed E-state index contributed by atoms with van der Waals surface area (Å²) in [7, 11) is 0. The van der Waals surface area contributed by atoms with Crippen LogP contribution >= 0.6 is 0 Å². The molecular weight excluding hydrogens is 548 g/mol. The minimum Gasteiger partial charge on any atom is -0.265 e. The molecule has 7 aromatic rings. The zero-order valence-corrected chi connectivity index (χ0v) is 25.1. The molecule has 0 fully saturated rings. The lowest BCUT2D eigenvalue weighted by molar-refractivity contribution is 0.660. The van der Waals surface area contributed by atoms with Crippen LogP contribution in [0.2, 0.25) is 0 Å². The Morgan fingerprint density at radius 3 is 1.67 bits per heavy atom. The summed E-state index contributed by atoms with van der Waals surface area (Å²) in [6.45, 7) is 4.61. The van der Waals surface area contributed by atoms with E-state index >= 15 is 0 Å². The smallest absolute Gasteiger partial charge is 0.160 e. The lowest BCUT2D eigenvalue weighted by atomic mass is 9.82. The van der Waals surface area contributed by atoms with E-state index in [1.165, 1.54) is 22.3 Å². The first-order chi connectivity index (χ1) is 22.0. The molecule has 0 amide bonds. The predicted octanol–water partition coefficient (Wildman–Crippen LogP) is 9.91. The molecule has 0 N–H and O–H groups in total. The molecule has 3 heterocycles. The Hall–Kier alpha value is -5.74. The molecule has 214 valence electrons. The topological polar surface area (TPSA) is 51.6 Å². The number of fused-ring (bicyclic) bond motifs is 3. The molecule has 1 aliphatic rings. The van der Waals surface area contributed by atoms with Crippen LogP contribution in [0.1, 0.15) is 25.0 Å². The second-order valence-corrected chi connectivity index (χ2v) is 12.0. The van der Waals surface area contributed by atoms with E-state index in [9.17, 15) is 0 Å². The maximum absolute atomic E-state index is 5.16. The first kappa shape index (κ1) is 26.9. The van der Waals surface area contributed by atoms with Crippen molar-refractivity contribution in [2.75, 3.05) is 0 Å². The molecule has 1 aliphatic carbocycles. The normalized spacial score (nSPS) is 12.8. The van der Waals surface area contributed by atoms with Gasteiger partial charge in [0, 0.05) is 46.9 Å². The van der Waals surface area contributed by atoms with Gasteiger partial charge < -0.3 is 0 Å². The van der Waals surface area contributed by atoms with Crippen molar-refractivity contribution in [2.24, 2.45) is 0 Å². The van der Waals surface area contributed by atoms with Crippen LogP contribution in [0.3, 0.4) is 0 Å². The molecule has 8 rings (SSSR count). The molecule has 4 aromatic carbocycles. The van der Waals surface area contributed by atoms with Gasteiger partial charge in [0.2, 0.25) is 0 Å². The van der Waals surface area contributed by atoms with Crippen LogP contribution in [-0.4, -0.2) is 19.9 Å². The third-order valence-corrected chi connectivity index (χ3v) is 8.94. The van der Waals surface area contributed by atoms with Crippen molar-refractivity contribution in [1.82, 2.24) is 19.9 Å². The maximum atomic E-state index is 5.16. The van der Waals surface area contributed by atoms with Crippen LogP contribution < -0.4 is 0 Å². The molecule has 0 aliphatic heterocycles. The van der Waals surface area contributed by atoms with Crippen molar-refractivity contribution >= 4 is 0 Å². The van der Waals surface area contributed by atoms with E-state index in [-0.39, 0.29) is 5.41 Å². The molecular formula is C41H30N4. The monoisotopic (exact) mass is 578 g/mol. The number of hydrogen-bond acceptors (Lipinski definition) is 4. The third-order valence-electron chi connectivity index (χ3n) is 8.94. The zero-order chi connectivity index (χ0) is 30.4. The Morgan fingerprint density at radius 2 is 1.00 bits per heavy atom. The van der Waals surface area contributed by atoms with Crippen molar-refractivity contribution in [3.8, 4) is 67.3 Å². The Balaban J connectivity index is 1.25. The lowest BCUT2D eigenvalue weighted by Crippen LogP contribution is -2.14. The van der Waals surface area contributed by atoms with E-state index in [0.29, 0.717) is 5.82 Å². The highest BCUT2D eigenvalue weighted by atomic mass is 14.9. The number of nitrogens with zero attached hydrogens (tertiary/aromatic N) is 4. The van der Waals surface area contributed by atoms with Gasteiger partial charge in [-0.25, -0.2) is 9.97 Å².